The summed E-state index contributed by atoms with van der Waals surface area (Å²) in [4.78, 5) is 0. The molecule has 1 atom stereocenters. The van der Waals surface area contributed by atoms with E-state index in [1.54, 1.807) is 0 Å². The van der Waals surface area contributed by atoms with Crippen molar-refractivity contribution in [2.45, 2.75) is 89.3 Å². The van der Waals surface area contributed by atoms with Gasteiger partial charge in [0.15, 0.2) is 0 Å². The summed E-state index contributed by atoms with van der Waals surface area (Å²) in [5.74, 6) is 1.52. The average molecular weight is 395 g/mol. The number of hydrogen-bond acceptors (Lipinski definition) is 1. The molecule has 0 aliphatic heterocycles. The fraction of sp³-hybridized carbons (Fsp3) is 0.667. The van der Waals surface area contributed by atoms with Crippen molar-refractivity contribution >= 4 is 0 Å². The Morgan fingerprint density at radius 2 is 1.71 bits per heavy atom. The number of hydrogen-bond donors (Lipinski definition) is 1. The zero-order valence-electron chi connectivity index (χ0n) is 16.9. The molecule has 1 N–H and O–H groups in total. The molecule has 0 amide bonds. The molecule has 0 bridgehead atoms. The van der Waals surface area contributed by atoms with Crippen LogP contribution in [0.1, 0.15) is 88.7 Å². The van der Waals surface area contributed by atoms with E-state index >= 15 is 0 Å². The Hall–Kier alpha value is -1.29. The molecule has 2 aliphatic rings. The molecule has 1 aromatic carbocycles. The maximum atomic E-state index is 12.8. The van der Waals surface area contributed by atoms with Crippen LogP contribution < -0.4 is 0 Å². The van der Waals surface area contributed by atoms with Crippen molar-refractivity contribution in [2.75, 3.05) is 0 Å². The highest BCUT2D eigenvalue weighted by Crippen LogP contribution is 2.43. The predicted octanol–water partition coefficient (Wildman–Crippen LogP) is 7.39. The Kier molecular flexibility index (Phi) is 6.90. The van der Waals surface area contributed by atoms with Crippen LogP contribution in [-0.4, -0.2) is 5.11 Å². The molecule has 3 rings (SSSR count). The van der Waals surface area contributed by atoms with E-state index in [1.165, 1.54) is 69.1 Å². The number of allylic oxidation sites excluding steroid dienone is 1. The Morgan fingerprint density at radius 3 is 2.25 bits per heavy atom. The van der Waals surface area contributed by atoms with E-state index in [0.717, 1.165) is 24.5 Å². The Bertz CT molecular complexity index is 653. The molecule has 0 spiro atoms. The summed E-state index contributed by atoms with van der Waals surface area (Å²) in [7, 11) is 0. The van der Waals surface area contributed by atoms with E-state index in [1.807, 2.05) is 0 Å². The largest absolute Gasteiger partial charge is 0.416 e. The van der Waals surface area contributed by atoms with Crippen LogP contribution in [0.5, 0.6) is 0 Å². The van der Waals surface area contributed by atoms with Gasteiger partial charge in [-0.2, -0.15) is 13.2 Å². The highest BCUT2D eigenvalue weighted by atomic mass is 19.4. The van der Waals surface area contributed by atoms with Gasteiger partial charge in [0.2, 0.25) is 0 Å². The summed E-state index contributed by atoms with van der Waals surface area (Å²) < 4.78 is 38.3. The van der Waals surface area contributed by atoms with Crippen molar-refractivity contribution in [1.29, 1.82) is 0 Å². The predicted molar refractivity (Wildman–Crippen MR) is 107 cm³/mol. The van der Waals surface area contributed by atoms with E-state index in [-0.39, 0.29) is 0 Å². The highest BCUT2D eigenvalue weighted by molar-refractivity contribution is 5.31. The van der Waals surface area contributed by atoms with Gasteiger partial charge in [-0.05, 0) is 74.5 Å². The van der Waals surface area contributed by atoms with Crippen LogP contribution in [0.3, 0.4) is 0 Å². The maximum absolute atomic E-state index is 12.8. The van der Waals surface area contributed by atoms with Crippen molar-refractivity contribution in [1.82, 2.24) is 0 Å². The summed E-state index contributed by atoms with van der Waals surface area (Å²) >= 11 is 0. The van der Waals surface area contributed by atoms with Gasteiger partial charge in [0.25, 0.3) is 0 Å². The lowest BCUT2D eigenvalue weighted by Crippen LogP contribution is -2.29. The van der Waals surface area contributed by atoms with Crippen molar-refractivity contribution in [3.8, 4) is 0 Å². The average Bonchev–Trinajstić information content (AvgIpc) is 2.69. The number of halogens is 3. The molecular weight excluding hydrogens is 361 g/mol. The van der Waals surface area contributed by atoms with Crippen LogP contribution in [0.25, 0.3) is 0 Å². The minimum atomic E-state index is -4.34. The minimum absolute atomic E-state index is 0.504. The smallest absolute Gasteiger partial charge is 0.385 e. The second-order valence-electron chi connectivity index (χ2n) is 8.80. The Morgan fingerprint density at radius 1 is 1.04 bits per heavy atom. The molecule has 4 heteroatoms. The molecule has 1 saturated carbocycles. The molecule has 0 radical (unpaired) electrons. The first-order valence-electron chi connectivity index (χ1n) is 10.9. The van der Waals surface area contributed by atoms with Gasteiger partial charge in [-0.1, -0.05) is 56.4 Å². The van der Waals surface area contributed by atoms with Gasteiger partial charge in [0.1, 0.15) is 0 Å². The molecule has 2 aliphatic carbocycles. The van der Waals surface area contributed by atoms with Gasteiger partial charge in [0, 0.05) is 0 Å². The van der Waals surface area contributed by atoms with E-state index < -0.39 is 17.3 Å². The summed E-state index contributed by atoms with van der Waals surface area (Å²) in [5.41, 5.74) is 0.354. The molecule has 1 aromatic rings. The molecule has 1 fully saturated rings. The lowest BCUT2D eigenvalue weighted by atomic mass is 9.71. The quantitative estimate of drug-likeness (QED) is 0.394. The first-order chi connectivity index (χ1) is 13.3. The number of alkyl halides is 3. The summed E-state index contributed by atoms with van der Waals surface area (Å²) in [6, 6.07) is 5.02. The summed E-state index contributed by atoms with van der Waals surface area (Å²) in [5, 5.41) is 11.0. The topological polar surface area (TPSA) is 20.2 Å². The molecule has 0 aromatic heterocycles. The lowest BCUT2D eigenvalue weighted by Gasteiger charge is -2.36. The fourth-order valence-electron chi connectivity index (χ4n) is 4.96. The Labute approximate surface area is 167 Å². The first-order valence-corrected chi connectivity index (χ1v) is 10.9. The zero-order chi connectivity index (χ0) is 20.2. The van der Waals surface area contributed by atoms with Crippen molar-refractivity contribution < 1.29 is 18.3 Å². The number of rotatable bonds is 6. The SMILES string of the molecule is CCCCCC1CCC(C2=CCC(O)(c3ccc(C(F)(F)F)cc3)CC2)CC1. The zero-order valence-corrected chi connectivity index (χ0v) is 16.9. The van der Waals surface area contributed by atoms with E-state index in [4.69, 9.17) is 0 Å². The van der Waals surface area contributed by atoms with Crippen molar-refractivity contribution in [3.63, 3.8) is 0 Å². The maximum Gasteiger partial charge on any atom is 0.416 e. The lowest BCUT2D eigenvalue weighted by molar-refractivity contribution is -0.137. The second kappa shape index (κ2) is 9.02. The minimum Gasteiger partial charge on any atom is -0.385 e. The third-order valence-corrected chi connectivity index (χ3v) is 6.87. The van der Waals surface area contributed by atoms with E-state index in [2.05, 4.69) is 13.0 Å². The van der Waals surface area contributed by atoms with Crippen molar-refractivity contribution in [2.24, 2.45) is 11.8 Å². The standard InChI is InChI=1S/C24H33F3O/c1-2-3-4-5-18-6-8-19(9-7-18)20-14-16-23(28,17-15-20)21-10-12-22(13-11-21)24(25,26)27/h10-14,18-19,28H,2-9,15-17H2,1H3. The van der Waals surface area contributed by atoms with Gasteiger partial charge >= 0.3 is 6.18 Å². The molecule has 28 heavy (non-hydrogen) atoms. The molecule has 0 saturated heterocycles. The monoisotopic (exact) mass is 394 g/mol. The third-order valence-electron chi connectivity index (χ3n) is 6.87. The summed E-state index contributed by atoms with van der Waals surface area (Å²) in [6.07, 6.45) is 10.3. The van der Waals surface area contributed by atoms with Crippen LogP contribution in [0.4, 0.5) is 13.2 Å². The van der Waals surface area contributed by atoms with Crippen LogP contribution in [0.2, 0.25) is 0 Å². The number of unbranched alkanes of at least 4 members (excludes halogenated alkanes) is 2. The van der Waals surface area contributed by atoms with Gasteiger partial charge in [0.05, 0.1) is 11.2 Å². The second-order valence-corrected chi connectivity index (χ2v) is 8.80. The molecular formula is C24H33F3O. The number of aliphatic hydroxyl groups is 1. The first kappa shape index (κ1) is 21.4. The summed E-state index contributed by atoms with van der Waals surface area (Å²) in [6.45, 7) is 2.25. The Balaban J connectivity index is 1.55. The molecule has 0 heterocycles. The van der Waals surface area contributed by atoms with E-state index in [9.17, 15) is 18.3 Å². The van der Waals surface area contributed by atoms with E-state index in [0.29, 0.717) is 24.3 Å². The van der Waals surface area contributed by atoms with Crippen LogP contribution >= 0.6 is 0 Å². The number of benzene rings is 1. The van der Waals surface area contributed by atoms with Gasteiger partial charge in [-0.25, -0.2) is 0 Å². The molecule has 1 unspecified atom stereocenters. The van der Waals surface area contributed by atoms with Gasteiger partial charge < -0.3 is 5.11 Å². The van der Waals surface area contributed by atoms with Crippen LogP contribution in [-0.2, 0) is 11.8 Å². The van der Waals surface area contributed by atoms with Gasteiger partial charge in [-0.3, -0.25) is 0 Å². The van der Waals surface area contributed by atoms with Crippen molar-refractivity contribution in [3.05, 3.63) is 47.0 Å². The van der Waals surface area contributed by atoms with Crippen LogP contribution in [0.15, 0.2) is 35.9 Å². The fourth-order valence-corrected chi connectivity index (χ4v) is 4.96. The highest BCUT2D eigenvalue weighted by Gasteiger charge is 2.35. The normalized spacial score (nSPS) is 28.8. The molecule has 1 nitrogen and oxygen atoms in total. The van der Waals surface area contributed by atoms with Crippen LogP contribution in [0, 0.1) is 11.8 Å². The third kappa shape index (κ3) is 5.20. The van der Waals surface area contributed by atoms with Gasteiger partial charge in [-0.15, -0.1) is 0 Å². The molecule has 156 valence electrons.